The van der Waals surface area contributed by atoms with Gasteiger partial charge >= 0.3 is 0 Å². The standard InChI is InChI=1S/C13H20N2O4S/c1-2-6-15(11-3-9-20(17,18)10-11)12(16)13(14)4-7-19-8-5-13/h1,11H,3-10,14H2. The van der Waals surface area contributed by atoms with Gasteiger partial charge in [0.2, 0.25) is 5.91 Å². The lowest BCUT2D eigenvalue weighted by atomic mass is 9.89. The average Bonchev–Trinajstić information content (AvgIpc) is 2.76. The van der Waals surface area contributed by atoms with Gasteiger partial charge in [-0.2, -0.15) is 0 Å². The van der Waals surface area contributed by atoms with E-state index in [0.29, 0.717) is 32.5 Å². The Kier molecular flexibility index (Phi) is 4.37. The lowest BCUT2D eigenvalue weighted by Gasteiger charge is -2.38. The van der Waals surface area contributed by atoms with Gasteiger partial charge in [0.1, 0.15) is 0 Å². The molecule has 2 aliphatic heterocycles. The van der Waals surface area contributed by atoms with Crippen molar-refractivity contribution in [3.63, 3.8) is 0 Å². The maximum absolute atomic E-state index is 12.7. The lowest BCUT2D eigenvalue weighted by Crippen LogP contribution is -2.60. The van der Waals surface area contributed by atoms with Crippen molar-refractivity contribution in [1.29, 1.82) is 0 Å². The van der Waals surface area contributed by atoms with Crippen LogP contribution in [-0.4, -0.2) is 62.1 Å². The van der Waals surface area contributed by atoms with Gasteiger partial charge in [0.25, 0.3) is 0 Å². The topological polar surface area (TPSA) is 89.7 Å². The van der Waals surface area contributed by atoms with Crippen molar-refractivity contribution < 1.29 is 17.9 Å². The molecule has 0 aromatic rings. The van der Waals surface area contributed by atoms with Gasteiger partial charge in [0.15, 0.2) is 9.84 Å². The van der Waals surface area contributed by atoms with Crippen LogP contribution in [0.5, 0.6) is 0 Å². The normalized spacial score (nSPS) is 27.7. The van der Waals surface area contributed by atoms with Crippen LogP contribution >= 0.6 is 0 Å². The number of carbonyl (C=O) groups is 1. The van der Waals surface area contributed by atoms with Crippen molar-refractivity contribution in [1.82, 2.24) is 4.90 Å². The fourth-order valence-electron chi connectivity index (χ4n) is 2.72. The Bertz CT molecular complexity index is 517. The van der Waals surface area contributed by atoms with Crippen LogP contribution in [0.15, 0.2) is 0 Å². The molecule has 6 nitrogen and oxygen atoms in total. The monoisotopic (exact) mass is 300 g/mol. The van der Waals surface area contributed by atoms with Gasteiger partial charge in [-0.1, -0.05) is 5.92 Å². The SMILES string of the molecule is C#CCN(C(=O)C1(N)CCOCC1)C1CCS(=O)(=O)C1. The Morgan fingerprint density at radius 1 is 1.45 bits per heavy atom. The second kappa shape index (κ2) is 5.72. The number of carbonyl (C=O) groups excluding carboxylic acids is 1. The molecule has 0 aliphatic carbocycles. The first-order chi connectivity index (χ1) is 9.38. The number of nitrogens with two attached hydrogens (primary N) is 1. The summed E-state index contributed by atoms with van der Waals surface area (Å²) in [7, 11) is -3.07. The molecule has 0 aromatic heterocycles. The Balaban J connectivity index is 2.16. The van der Waals surface area contributed by atoms with E-state index in [2.05, 4.69) is 5.92 Å². The number of ether oxygens (including phenoxy) is 1. The van der Waals surface area contributed by atoms with Gasteiger partial charge < -0.3 is 15.4 Å². The average molecular weight is 300 g/mol. The Morgan fingerprint density at radius 3 is 2.60 bits per heavy atom. The summed E-state index contributed by atoms with van der Waals surface area (Å²) < 4.78 is 28.4. The summed E-state index contributed by atoms with van der Waals surface area (Å²) in [6.45, 7) is 0.975. The minimum absolute atomic E-state index is 0.0208. The third-order valence-corrected chi connectivity index (χ3v) is 5.73. The van der Waals surface area contributed by atoms with Gasteiger partial charge in [-0.15, -0.1) is 6.42 Å². The minimum atomic E-state index is -3.07. The third-order valence-electron chi connectivity index (χ3n) is 3.98. The number of nitrogens with zero attached hydrogens (tertiary/aromatic N) is 1. The van der Waals surface area contributed by atoms with E-state index in [1.165, 1.54) is 4.90 Å². The Hall–Kier alpha value is -1.10. The molecule has 112 valence electrons. The summed E-state index contributed by atoms with van der Waals surface area (Å²) in [6.07, 6.45) is 6.62. The van der Waals surface area contributed by atoms with Crippen molar-refractivity contribution in [3.05, 3.63) is 0 Å². The molecule has 0 saturated carbocycles. The fourth-order valence-corrected chi connectivity index (χ4v) is 4.45. The van der Waals surface area contributed by atoms with E-state index in [-0.39, 0.29) is 30.0 Å². The number of sulfone groups is 1. The van der Waals surface area contributed by atoms with Crippen LogP contribution in [0, 0.1) is 12.3 Å². The molecule has 0 spiro atoms. The van der Waals surface area contributed by atoms with Gasteiger partial charge in [-0.3, -0.25) is 4.79 Å². The minimum Gasteiger partial charge on any atom is -0.381 e. The quantitative estimate of drug-likeness (QED) is 0.685. The molecule has 2 fully saturated rings. The zero-order valence-electron chi connectivity index (χ0n) is 11.4. The summed E-state index contributed by atoms with van der Waals surface area (Å²) in [5, 5.41) is 0. The van der Waals surface area contributed by atoms with E-state index in [1.807, 2.05) is 0 Å². The number of amides is 1. The van der Waals surface area contributed by atoms with Crippen molar-refractivity contribution in [2.45, 2.75) is 30.8 Å². The molecule has 20 heavy (non-hydrogen) atoms. The van der Waals surface area contributed by atoms with Gasteiger partial charge in [0.05, 0.1) is 23.6 Å². The van der Waals surface area contributed by atoms with E-state index >= 15 is 0 Å². The fraction of sp³-hybridized carbons (Fsp3) is 0.769. The molecule has 1 amide bonds. The Labute approximate surface area is 119 Å². The summed E-state index contributed by atoms with van der Waals surface area (Å²) in [4.78, 5) is 14.1. The van der Waals surface area contributed by atoms with Crippen molar-refractivity contribution in [3.8, 4) is 12.3 Å². The maximum Gasteiger partial charge on any atom is 0.243 e. The molecule has 0 bridgehead atoms. The molecule has 1 atom stereocenters. The number of hydrogen-bond donors (Lipinski definition) is 1. The molecule has 0 radical (unpaired) electrons. The van der Waals surface area contributed by atoms with E-state index in [4.69, 9.17) is 16.9 Å². The van der Waals surface area contributed by atoms with E-state index < -0.39 is 15.4 Å². The van der Waals surface area contributed by atoms with Gasteiger partial charge in [-0.05, 0) is 19.3 Å². The zero-order chi connectivity index (χ0) is 14.8. The largest absolute Gasteiger partial charge is 0.381 e. The van der Waals surface area contributed by atoms with Crippen LogP contribution < -0.4 is 5.73 Å². The highest BCUT2D eigenvalue weighted by Crippen LogP contribution is 2.25. The molecule has 2 N–H and O–H groups in total. The Morgan fingerprint density at radius 2 is 2.10 bits per heavy atom. The summed E-state index contributed by atoms with van der Waals surface area (Å²) >= 11 is 0. The molecular formula is C13H20N2O4S. The summed E-state index contributed by atoms with van der Waals surface area (Å²) in [5.41, 5.74) is 5.20. The van der Waals surface area contributed by atoms with Crippen LogP contribution in [-0.2, 0) is 19.4 Å². The lowest BCUT2D eigenvalue weighted by molar-refractivity contribution is -0.141. The molecule has 1 unspecified atom stereocenters. The first kappa shape index (κ1) is 15.3. The van der Waals surface area contributed by atoms with Crippen LogP contribution in [0.4, 0.5) is 0 Å². The predicted octanol–water partition coefficient (Wildman–Crippen LogP) is -0.857. The van der Waals surface area contributed by atoms with E-state index in [1.54, 1.807) is 0 Å². The van der Waals surface area contributed by atoms with Gasteiger partial charge in [-0.25, -0.2) is 8.42 Å². The van der Waals surface area contributed by atoms with Crippen molar-refractivity contribution in [2.24, 2.45) is 5.73 Å². The first-order valence-electron chi connectivity index (χ1n) is 6.69. The van der Waals surface area contributed by atoms with E-state index in [9.17, 15) is 13.2 Å². The van der Waals surface area contributed by atoms with Crippen LogP contribution in [0.25, 0.3) is 0 Å². The molecule has 2 aliphatic rings. The zero-order valence-corrected chi connectivity index (χ0v) is 12.2. The highest BCUT2D eigenvalue weighted by molar-refractivity contribution is 7.91. The van der Waals surface area contributed by atoms with Gasteiger partial charge in [0, 0.05) is 19.3 Å². The summed E-state index contributed by atoms with van der Waals surface area (Å²) in [6, 6.07) is -0.355. The highest BCUT2D eigenvalue weighted by Gasteiger charge is 2.43. The molecule has 7 heteroatoms. The number of hydrogen-bond acceptors (Lipinski definition) is 5. The first-order valence-corrected chi connectivity index (χ1v) is 8.52. The van der Waals surface area contributed by atoms with Crippen molar-refractivity contribution in [2.75, 3.05) is 31.3 Å². The highest BCUT2D eigenvalue weighted by atomic mass is 32.2. The maximum atomic E-state index is 12.7. The number of rotatable bonds is 3. The molecular weight excluding hydrogens is 280 g/mol. The van der Waals surface area contributed by atoms with Crippen LogP contribution in [0.1, 0.15) is 19.3 Å². The predicted molar refractivity (Wildman–Crippen MR) is 74.6 cm³/mol. The summed E-state index contributed by atoms with van der Waals surface area (Å²) in [5.74, 6) is 2.27. The van der Waals surface area contributed by atoms with Crippen molar-refractivity contribution >= 4 is 15.7 Å². The molecule has 2 heterocycles. The molecule has 2 rings (SSSR count). The van der Waals surface area contributed by atoms with E-state index in [0.717, 1.165) is 0 Å². The van der Waals surface area contributed by atoms with Crippen LogP contribution in [0.3, 0.4) is 0 Å². The smallest absolute Gasteiger partial charge is 0.243 e. The second-order valence-corrected chi connectivity index (χ2v) is 7.69. The second-order valence-electron chi connectivity index (χ2n) is 5.46. The molecule has 0 aromatic carbocycles. The third kappa shape index (κ3) is 3.14. The van der Waals surface area contributed by atoms with Crippen LogP contribution in [0.2, 0.25) is 0 Å². The molecule has 2 saturated heterocycles. The number of terminal acetylenes is 1.